The lowest BCUT2D eigenvalue weighted by Crippen LogP contribution is -2.50. The van der Waals surface area contributed by atoms with Crippen molar-refractivity contribution in [2.45, 2.75) is 46.1 Å². The van der Waals surface area contributed by atoms with Gasteiger partial charge in [0.25, 0.3) is 0 Å². The van der Waals surface area contributed by atoms with Crippen LogP contribution in [0.1, 0.15) is 39.2 Å². The summed E-state index contributed by atoms with van der Waals surface area (Å²) in [7, 11) is 0. The Bertz CT molecular complexity index is 488. The first kappa shape index (κ1) is 17.0. The second-order valence-corrected chi connectivity index (χ2v) is 5.57. The SMILES string of the molecule is CCC(C)(C(=O)NC(C)CCc1ccccc1)/C(N)=N/O. The molecule has 0 spiro atoms. The van der Waals surface area contributed by atoms with Crippen molar-refractivity contribution in [3.05, 3.63) is 35.9 Å². The summed E-state index contributed by atoms with van der Waals surface area (Å²) in [6, 6.07) is 10.2. The third-order valence-corrected chi connectivity index (χ3v) is 3.97. The molecule has 1 rings (SSSR count). The van der Waals surface area contributed by atoms with Gasteiger partial charge >= 0.3 is 0 Å². The number of oxime groups is 1. The molecule has 0 radical (unpaired) electrons. The van der Waals surface area contributed by atoms with Gasteiger partial charge in [-0.05, 0) is 38.7 Å². The van der Waals surface area contributed by atoms with Crippen LogP contribution in [0, 0.1) is 5.41 Å². The molecular weight excluding hydrogens is 266 g/mol. The van der Waals surface area contributed by atoms with E-state index in [0.717, 1.165) is 12.8 Å². The van der Waals surface area contributed by atoms with E-state index in [1.54, 1.807) is 6.92 Å². The van der Waals surface area contributed by atoms with Gasteiger partial charge in [0.2, 0.25) is 5.91 Å². The Morgan fingerprint density at radius 3 is 2.57 bits per heavy atom. The molecule has 0 heterocycles. The lowest BCUT2D eigenvalue weighted by molar-refractivity contribution is -0.127. The zero-order valence-corrected chi connectivity index (χ0v) is 13.0. The van der Waals surface area contributed by atoms with Crippen LogP contribution in [0.15, 0.2) is 35.5 Å². The molecule has 21 heavy (non-hydrogen) atoms. The van der Waals surface area contributed by atoms with Crippen molar-refractivity contribution in [3.8, 4) is 0 Å². The molecular formula is C16H25N3O2. The molecule has 0 saturated carbocycles. The molecule has 0 aliphatic heterocycles. The number of nitrogens with one attached hydrogen (secondary N) is 1. The number of nitrogens with two attached hydrogens (primary N) is 1. The average Bonchev–Trinajstić information content (AvgIpc) is 2.52. The summed E-state index contributed by atoms with van der Waals surface area (Å²) in [5.74, 6) is -0.265. The smallest absolute Gasteiger partial charge is 0.233 e. The van der Waals surface area contributed by atoms with Gasteiger partial charge in [-0.15, -0.1) is 0 Å². The van der Waals surface area contributed by atoms with E-state index in [2.05, 4.69) is 22.6 Å². The highest BCUT2D eigenvalue weighted by molar-refractivity contribution is 6.06. The number of amides is 1. The number of rotatable bonds is 7. The lowest BCUT2D eigenvalue weighted by atomic mass is 9.85. The highest BCUT2D eigenvalue weighted by atomic mass is 16.4. The van der Waals surface area contributed by atoms with Crippen molar-refractivity contribution < 1.29 is 10.0 Å². The van der Waals surface area contributed by atoms with E-state index in [0.29, 0.717) is 6.42 Å². The van der Waals surface area contributed by atoms with Crippen molar-refractivity contribution >= 4 is 11.7 Å². The Balaban J connectivity index is 2.57. The third-order valence-electron chi connectivity index (χ3n) is 3.97. The molecule has 2 atom stereocenters. The fraction of sp³-hybridized carbons (Fsp3) is 0.500. The van der Waals surface area contributed by atoms with E-state index >= 15 is 0 Å². The first-order valence-electron chi connectivity index (χ1n) is 7.27. The predicted molar refractivity (Wildman–Crippen MR) is 84.2 cm³/mol. The predicted octanol–water partition coefficient (Wildman–Crippen LogP) is 2.29. The van der Waals surface area contributed by atoms with Gasteiger partial charge in [0, 0.05) is 6.04 Å². The molecule has 0 aromatic heterocycles. The normalized spacial score (nSPS) is 16.0. The Morgan fingerprint density at radius 1 is 1.43 bits per heavy atom. The number of aryl methyl sites for hydroxylation is 1. The summed E-state index contributed by atoms with van der Waals surface area (Å²) >= 11 is 0. The first-order valence-corrected chi connectivity index (χ1v) is 7.27. The molecule has 1 amide bonds. The number of amidine groups is 1. The molecule has 4 N–H and O–H groups in total. The molecule has 1 aromatic carbocycles. The minimum atomic E-state index is -0.976. The molecule has 0 aliphatic carbocycles. The zero-order valence-electron chi connectivity index (χ0n) is 13.0. The van der Waals surface area contributed by atoms with E-state index in [4.69, 9.17) is 10.9 Å². The summed E-state index contributed by atoms with van der Waals surface area (Å²) in [6.45, 7) is 5.48. The summed E-state index contributed by atoms with van der Waals surface area (Å²) in [5, 5.41) is 14.8. The topological polar surface area (TPSA) is 87.7 Å². The van der Waals surface area contributed by atoms with Crippen molar-refractivity contribution in [2.24, 2.45) is 16.3 Å². The molecule has 0 saturated heterocycles. The summed E-state index contributed by atoms with van der Waals surface area (Å²) in [5.41, 5.74) is 5.91. The van der Waals surface area contributed by atoms with E-state index < -0.39 is 5.41 Å². The molecule has 2 unspecified atom stereocenters. The fourth-order valence-electron chi connectivity index (χ4n) is 2.05. The monoisotopic (exact) mass is 291 g/mol. The van der Waals surface area contributed by atoms with Crippen LogP contribution in [0.5, 0.6) is 0 Å². The lowest BCUT2D eigenvalue weighted by Gasteiger charge is -2.27. The van der Waals surface area contributed by atoms with Gasteiger partial charge in [-0.3, -0.25) is 4.79 Å². The Labute approximate surface area is 126 Å². The van der Waals surface area contributed by atoms with Crippen LogP contribution in [0.2, 0.25) is 0 Å². The highest BCUT2D eigenvalue weighted by Crippen LogP contribution is 2.22. The molecule has 5 nitrogen and oxygen atoms in total. The van der Waals surface area contributed by atoms with Crippen molar-refractivity contribution in [1.29, 1.82) is 0 Å². The summed E-state index contributed by atoms with van der Waals surface area (Å²) in [6.07, 6.45) is 2.21. The van der Waals surface area contributed by atoms with Crippen LogP contribution in [0.25, 0.3) is 0 Å². The number of benzene rings is 1. The largest absolute Gasteiger partial charge is 0.409 e. The van der Waals surface area contributed by atoms with E-state index in [1.807, 2.05) is 32.0 Å². The average molecular weight is 291 g/mol. The number of carbonyl (C=O) groups excluding carboxylic acids is 1. The molecule has 116 valence electrons. The van der Waals surface area contributed by atoms with Crippen LogP contribution >= 0.6 is 0 Å². The van der Waals surface area contributed by atoms with Crippen molar-refractivity contribution in [3.63, 3.8) is 0 Å². The standard InChI is InChI=1S/C16H25N3O2/c1-4-16(3,14(17)19-21)15(20)18-12(2)10-11-13-8-6-5-7-9-13/h5-9,12,21H,4,10-11H2,1-3H3,(H2,17,19)(H,18,20). The Kier molecular flexibility index (Phi) is 6.21. The van der Waals surface area contributed by atoms with Crippen LogP contribution in [-0.2, 0) is 11.2 Å². The summed E-state index contributed by atoms with van der Waals surface area (Å²) < 4.78 is 0. The molecule has 0 bridgehead atoms. The van der Waals surface area contributed by atoms with Crippen LogP contribution < -0.4 is 11.1 Å². The maximum atomic E-state index is 12.3. The van der Waals surface area contributed by atoms with Gasteiger partial charge in [-0.2, -0.15) is 0 Å². The maximum absolute atomic E-state index is 12.3. The van der Waals surface area contributed by atoms with E-state index in [-0.39, 0.29) is 17.8 Å². The van der Waals surface area contributed by atoms with Gasteiger partial charge in [-0.1, -0.05) is 42.4 Å². The van der Waals surface area contributed by atoms with Gasteiger partial charge in [0.05, 0.1) is 0 Å². The number of hydrogen-bond donors (Lipinski definition) is 3. The van der Waals surface area contributed by atoms with Crippen LogP contribution in [0.4, 0.5) is 0 Å². The second-order valence-electron chi connectivity index (χ2n) is 5.57. The molecule has 5 heteroatoms. The fourth-order valence-corrected chi connectivity index (χ4v) is 2.05. The van der Waals surface area contributed by atoms with E-state index in [9.17, 15) is 4.79 Å². The Morgan fingerprint density at radius 2 is 2.05 bits per heavy atom. The minimum absolute atomic E-state index is 0.0232. The number of carbonyl (C=O) groups is 1. The van der Waals surface area contributed by atoms with E-state index in [1.165, 1.54) is 5.56 Å². The van der Waals surface area contributed by atoms with Crippen molar-refractivity contribution in [1.82, 2.24) is 5.32 Å². The molecule has 0 fully saturated rings. The van der Waals surface area contributed by atoms with Gasteiger partial charge in [0.1, 0.15) is 5.41 Å². The third kappa shape index (κ3) is 4.48. The van der Waals surface area contributed by atoms with Crippen LogP contribution in [-0.4, -0.2) is 23.0 Å². The van der Waals surface area contributed by atoms with Crippen molar-refractivity contribution in [2.75, 3.05) is 0 Å². The minimum Gasteiger partial charge on any atom is -0.409 e. The first-order chi connectivity index (χ1) is 9.93. The number of hydrogen-bond acceptors (Lipinski definition) is 3. The highest BCUT2D eigenvalue weighted by Gasteiger charge is 2.36. The maximum Gasteiger partial charge on any atom is 0.233 e. The van der Waals surface area contributed by atoms with Gasteiger partial charge in [0.15, 0.2) is 5.84 Å². The van der Waals surface area contributed by atoms with Gasteiger partial charge in [-0.25, -0.2) is 0 Å². The molecule has 0 aliphatic rings. The zero-order chi connectivity index (χ0) is 15.9. The van der Waals surface area contributed by atoms with Gasteiger partial charge < -0.3 is 16.3 Å². The summed E-state index contributed by atoms with van der Waals surface area (Å²) in [4.78, 5) is 12.3. The quantitative estimate of drug-likeness (QED) is 0.312. The molecule has 1 aromatic rings. The van der Waals surface area contributed by atoms with Crippen LogP contribution in [0.3, 0.4) is 0 Å². The Hall–Kier alpha value is -2.04. The second kappa shape index (κ2) is 7.67. The number of nitrogens with zero attached hydrogens (tertiary/aromatic N) is 1.